The lowest BCUT2D eigenvalue weighted by Crippen LogP contribution is -2.53. The topological polar surface area (TPSA) is 49.8 Å². The Morgan fingerprint density at radius 1 is 1.24 bits per heavy atom. The van der Waals surface area contributed by atoms with Gasteiger partial charge in [-0.3, -0.25) is 4.79 Å². The summed E-state index contributed by atoms with van der Waals surface area (Å²) >= 11 is 0. The van der Waals surface area contributed by atoms with Crippen molar-refractivity contribution in [2.45, 2.75) is 25.4 Å². The predicted octanol–water partition coefficient (Wildman–Crippen LogP) is 3.18. The highest BCUT2D eigenvalue weighted by Gasteiger charge is 2.36. The Hall–Kier alpha value is -2.40. The van der Waals surface area contributed by atoms with E-state index >= 15 is 0 Å². The first-order chi connectivity index (χ1) is 12.0. The van der Waals surface area contributed by atoms with E-state index in [1.165, 1.54) is 24.3 Å². The Bertz CT molecular complexity index is 747. The average Bonchev–Trinajstić information content (AvgIpc) is 2.61. The van der Waals surface area contributed by atoms with Crippen LogP contribution in [0.15, 0.2) is 48.5 Å². The van der Waals surface area contributed by atoms with Gasteiger partial charge in [-0.15, -0.1) is 0 Å². The number of ether oxygens (including phenoxy) is 1. The molecule has 0 aromatic heterocycles. The number of rotatable bonds is 4. The molecule has 1 atom stereocenters. The molecule has 1 amide bonds. The van der Waals surface area contributed by atoms with Crippen LogP contribution in [0.25, 0.3) is 0 Å². The van der Waals surface area contributed by atoms with Gasteiger partial charge in [0.15, 0.2) is 0 Å². The second-order valence-electron chi connectivity index (χ2n) is 6.61. The molecule has 0 bridgehead atoms. The van der Waals surface area contributed by atoms with Crippen LogP contribution in [0, 0.1) is 12.7 Å². The summed E-state index contributed by atoms with van der Waals surface area (Å²) in [7, 11) is 0. The third kappa shape index (κ3) is 4.17. The van der Waals surface area contributed by atoms with Crippen molar-refractivity contribution in [3.05, 3.63) is 65.5 Å². The molecule has 2 aromatic carbocycles. The first kappa shape index (κ1) is 17.4. The van der Waals surface area contributed by atoms with Crippen molar-refractivity contribution in [3.63, 3.8) is 0 Å². The highest BCUT2D eigenvalue weighted by molar-refractivity contribution is 5.95. The van der Waals surface area contributed by atoms with E-state index in [0.717, 1.165) is 5.56 Å². The summed E-state index contributed by atoms with van der Waals surface area (Å²) in [4.78, 5) is 14.4. The average molecular weight is 343 g/mol. The molecule has 132 valence electrons. The molecule has 1 heterocycles. The van der Waals surface area contributed by atoms with Crippen LogP contribution in [-0.2, 0) is 0 Å². The molecular formula is C20H22FNO3. The number of carbonyl (C=O) groups excluding carboxylic acids is 1. The molecule has 0 radical (unpaired) electrons. The molecule has 1 fully saturated rings. The summed E-state index contributed by atoms with van der Waals surface area (Å²) in [6, 6.07) is 13.1. The Balaban J connectivity index is 1.66. The number of amides is 1. The summed E-state index contributed by atoms with van der Waals surface area (Å²) < 4.78 is 18.5. The van der Waals surface area contributed by atoms with Crippen molar-refractivity contribution >= 4 is 5.91 Å². The lowest BCUT2D eigenvalue weighted by atomic mass is 9.93. The highest BCUT2D eigenvalue weighted by Crippen LogP contribution is 2.25. The summed E-state index contributed by atoms with van der Waals surface area (Å²) in [6.45, 7) is 2.81. The number of likely N-dealkylation sites (tertiary alicyclic amines) is 1. The molecular weight excluding hydrogens is 321 g/mol. The zero-order chi connectivity index (χ0) is 17.9. The van der Waals surface area contributed by atoms with Gasteiger partial charge in [0.25, 0.3) is 5.91 Å². The van der Waals surface area contributed by atoms with Gasteiger partial charge in [-0.2, -0.15) is 0 Å². The monoisotopic (exact) mass is 343 g/mol. The fourth-order valence-electron chi connectivity index (χ4n) is 3.14. The van der Waals surface area contributed by atoms with Gasteiger partial charge in [-0.1, -0.05) is 18.2 Å². The summed E-state index contributed by atoms with van der Waals surface area (Å²) in [6.07, 6.45) is 1.27. The number of piperidine rings is 1. The van der Waals surface area contributed by atoms with Gasteiger partial charge in [0.05, 0.1) is 6.54 Å². The highest BCUT2D eigenvalue weighted by atomic mass is 19.1. The first-order valence-corrected chi connectivity index (χ1v) is 8.42. The van der Waals surface area contributed by atoms with Crippen molar-refractivity contribution in [2.24, 2.45) is 0 Å². The van der Waals surface area contributed by atoms with E-state index in [4.69, 9.17) is 4.74 Å². The van der Waals surface area contributed by atoms with Gasteiger partial charge >= 0.3 is 0 Å². The minimum atomic E-state index is -1.11. The lowest BCUT2D eigenvalue weighted by molar-refractivity contribution is -0.0532. The number of aliphatic hydroxyl groups is 1. The van der Waals surface area contributed by atoms with Gasteiger partial charge in [-0.25, -0.2) is 4.39 Å². The molecule has 1 aliphatic heterocycles. The van der Waals surface area contributed by atoms with Gasteiger partial charge in [0, 0.05) is 12.1 Å². The molecule has 0 saturated carbocycles. The van der Waals surface area contributed by atoms with Crippen LogP contribution >= 0.6 is 0 Å². The van der Waals surface area contributed by atoms with Crippen LogP contribution < -0.4 is 4.74 Å². The molecule has 25 heavy (non-hydrogen) atoms. The Morgan fingerprint density at radius 3 is 2.68 bits per heavy atom. The molecule has 2 aromatic rings. The number of carbonyl (C=O) groups is 1. The number of benzene rings is 2. The zero-order valence-corrected chi connectivity index (χ0v) is 14.2. The van der Waals surface area contributed by atoms with Gasteiger partial charge in [0.1, 0.15) is 23.8 Å². The van der Waals surface area contributed by atoms with Crippen LogP contribution in [0.1, 0.15) is 28.8 Å². The smallest absolute Gasteiger partial charge is 0.254 e. The number of aryl methyl sites for hydroxylation is 1. The van der Waals surface area contributed by atoms with Crippen LogP contribution in [0.4, 0.5) is 4.39 Å². The van der Waals surface area contributed by atoms with Crippen molar-refractivity contribution in [1.29, 1.82) is 0 Å². The fourth-order valence-corrected chi connectivity index (χ4v) is 3.14. The molecule has 4 nitrogen and oxygen atoms in total. The summed E-state index contributed by atoms with van der Waals surface area (Å²) in [5.74, 6) is 0.0916. The first-order valence-electron chi connectivity index (χ1n) is 8.42. The predicted molar refractivity (Wildman–Crippen MR) is 93.2 cm³/mol. The second kappa shape index (κ2) is 7.23. The number of nitrogens with zero attached hydrogens (tertiary/aromatic N) is 1. The standard InChI is InChI=1S/C20H22FNO3/c1-15-5-2-3-6-18(15)19(23)22-12-4-11-20(24,13-22)14-25-17-9-7-16(21)8-10-17/h2-3,5-10,24H,4,11-14H2,1H3. The van der Waals surface area contributed by atoms with E-state index in [1.807, 2.05) is 25.1 Å². The van der Waals surface area contributed by atoms with Crippen LogP contribution in [-0.4, -0.2) is 41.2 Å². The van der Waals surface area contributed by atoms with E-state index in [2.05, 4.69) is 0 Å². The van der Waals surface area contributed by atoms with Gasteiger partial charge in [0.2, 0.25) is 0 Å². The third-order valence-corrected chi connectivity index (χ3v) is 4.54. The molecule has 1 aliphatic rings. The quantitative estimate of drug-likeness (QED) is 0.928. The maximum absolute atomic E-state index is 12.9. The Kier molecular flexibility index (Phi) is 5.04. The molecule has 3 rings (SSSR count). The van der Waals surface area contributed by atoms with Crippen LogP contribution in [0.5, 0.6) is 5.75 Å². The summed E-state index contributed by atoms with van der Waals surface area (Å²) in [5, 5.41) is 10.8. The lowest BCUT2D eigenvalue weighted by Gasteiger charge is -2.39. The van der Waals surface area contributed by atoms with E-state index < -0.39 is 5.60 Å². The molecule has 1 saturated heterocycles. The third-order valence-electron chi connectivity index (χ3n) is 4.54. The number of hydrogen-bond donors (Lipinski definition) is 1. The second-order valence-corrected chi connectivity index (χ2v) is 6.61. The SMILES string of the molecule is Cc1ccccc1C(=O)N1CCCC(O)(COc2ccc(F)cc2)C1. The number of β-amino-alcohol motifs (C(OH)–C–C–N with tert-alkyl or cyclic N) is 1. The minimum absolute atomic E-state index is 0.0657. The van der Waals surface area contributed by atoms with Crippen LogP contribution in [0.2, 0.25) is 0 Å². The van der Waals surface area contributed by atoms with Crippen molar-refractivity contribution in [3.8, 4) is 5.75 Å². The zero-order valence-electron chi connectivity index (χ0n) is 14.2. The van der Waals surface area contributed by atoms with Crippen LogP contribution in [0.3, 0.4) is 0 Å². The van der Waals surface area contributed by atoms with E-state index in [1.54, 1.807) is 11.0 Å². The van der Waals surface area contributed by atoms with Crippen molar-refractivity contribution in [2.75, 3.05) is 19.7 Å². The maximum Gasteiger partial charge on any atom is 0.254 e. The van der Waals surface area contributed by atoms with E-state index in [9.17, 15) is 14.3 Å². The largest absolute Gasteiger partial charge is 0.491 e. The molecule has 0 aliphatic carbocycles. The maximum atomic E-state index is 12.9. The molecule has 0 spiro atoms. The molecule has 5 heteroatoms. The Labute approximate surface area is 146 Å². The number of hydrogen-bond acceptors (Lipinski definition) is 3. The van der Waals surface area contributed by atoms with Crippen molar-refractivity contribution in [1.82, 2.24) is 4.90 Å². The van der Waals surface area contributed by atoms with Crippen molar-refractivity contribution < 1.29 is 19.0 Å². The summed E-state index contributed by atoms with van der Waals surface area (Å²) in [5.41, 5.74) is 0.473. The minimum Gasteiger partial charge on any atom is -0.491 e. The Morgan fingerprint density at radius 2 is 1.96 bits per heavy atom. The van der Waals surface area contributed by atoms with E-state index in [0.29, 0.717) is 30.7 Å². The van der Waals surface area contributed by atoms with E-state index in [-0.39, 0.29) is 24.9 Å². The molecule has 1 N–H and O–H groups in total. The number of halogens is 1. The van der Waals surface area contributed by atoms with Gasteiger partial charge in [-0.05, 0) is 55.7 Å². The molecule has 1 unspecified atom stereocenters. The fraction of sp³-hybridized carbons (Fsp3) is 0.350. The normalized spacial score (nSPS) is 20.4. The van der Waals surface area contributed by atoms with Gasteiger partial charge < -0.3 is 14.7 Å².